The number of hydrogen-bond donors (Lipinski definition) is 2. The van der Waals surface area contributed by atoms with Gasteiger partial charge in [-0.15, -0.1) is 12.4 Å². The quantitative estimate of drug-likeness (QED) is 0.883. The van der Waals surface area contributed by atoms with Crippen LogP contribution < -0.4 is 15.8 Å². The molecule has 0 spiro atoms. The van der Waals surface area contributed by atoms with E-state index < -0.39 is 6.04 Å². The fourth-order valence-electron chi connectivity index (χ4n) is 1.71. The lowest BCUT2D eigenvalue weighted by molar-refractivity contribution is -0.118. The molecule has 0 aliphatic rings. The Hall–Kier alpha value is -1.37. The Labute approximate surface area is 134 Å². The molecule has 2 aromatic rings. The van der Waals surface area contributed by atoms with Crippen molar-refractivity contribution in [2.75, 3.05) is 11.9 Å². The zero-order chi connectivity index (χ0) is 14.7. The number of anilines is 1. The minimum absolute atomic E-state index is 0. The Morgan fingerprint density at radius 2 is 2.19 bits per heavy atom. The van der Waals surface area contributed by atoms with Gasteiger partial charge in [0.05, 0.1) is 22.9 Å². The molecule has 1 amide bonds. The van der Waals surface area contributed by atoms with E-state index in [1.807, 2.05) is 39.0 Å². The summed E-state index contributed by atoms with van der Waals surface area (Å²) in [7, 11) is 0. The van der Waals surface area contributed by atoms with Crippen molar-refractivity contribution in [3.8, 4) is 5.75 Å². The summed E-state index contributed by atoms with van der Waals surface area (Å²) in [6, 6.07) is 5.15. The molecule has 0 bridgehead atoms. The molecule has 0 saturated carbocycles. The summed E-state index contributed by atoms with van der Waals surface area (Å²) in [4.78, 5) is 16.3. The van der Waals surface area contributed by atoms with Crippen LogP contribution in [0.5, 0.6) is 5.75 Å². The number of nitrogens with one attached hydrogen (secondary N) is 1. The van der Waals surface area contributed by atoms with Crippen molar-refractivity contribution >= 4 is 45.0 Å². The van der Waals surface area contributed by atoms with Gasteiger partial charge in [0.1, 0.15) is 5.75 Å². The number of ether oxygens (including phenoxy) is 1. The van der Waals surface area contributed by atoms with E-state index in [2.05, 4.69) is 10.3 Å². The lowest BCUT2D eigenvalue weighted by Gasteiger charge is -2.13. The van der Waals surface area contributed by atoms with Crippen molar-refractivity contribution in [3.63, 3.8) is 0 Å². The molecular weight excluding hydrogens is 310 g/mol. The molecule has 0 radical (unpaired) electrons. The minimum atomic E-state index is -0.527. The fraction of sp³-hybridized carbons (Fsp3) is 0.429. The summed E-state index contributed by atoms with van der Waals surface area (Å²) in [5, 5.41) is 3.33. The Balaban J connectivity index is 0.00000220. The van der Waals surface area contributed by atoms with Crippen LogP contribution in [0.4, 0.5) is 5.13 Å². The zero-order valence-electron chi connectivity index (χ0n) is 12.3. The minimum Gasteiger partial charge on any atom is -0.494 e. The van der Waals surface area contributed by atoms with Gasteiger partial charge in [0.15, 0.2) is 5.13 Å². The SMILES string of the molecule is CCOc1ccc2nc(NC(=O)[C@@H](N)C(C)C)sc2c1.Cl. The number of aromatic nitrogens is 1. The van der Waals surface area contributed by atoms with Gasteiger partial charge in [-0.05, 0) is 31.0 Å². The van der Waals surface area contributed by atoms with Gasteiger partial charge in [0.25, 0.3) is 0 Å². The van der Waals surface area contributed by atoms with E-state index in [1.54, 1.807) is 0 Å². The second-order valence-electron chi connectivity index (χ2n) is 4.84. The summed E-state index contributed by atoms with van der Waals surface area (Å²) in [6.45, 7) is 6.39. The Kier molecular flexibility index (Phi) is 6.39. The van der Waals surface area contributed by atoms with Crippen LogP contribution in [0.2, 0.25) is 0 Å². The van der Waals surface area contributed by atoms with Crippen molar-refractivity contribution in [2.45, 2.75) is 26.8 Å². The molecule has 116 valence electrons. The molecule has 5 nitrogen and oxygen atoms in total. The lowest BCUT2D eigenvalue weighted by Crippen LogP contribution is -2.39. The first-order valence-electron chi connectivity index (χ1n) is 6.61. The smallest absolute Gasteiger partial charge is 0.243 e. The lowest BCUT2D eigenvalue weighted by atomic mass is 10.1. The molecule has 0 saturated heterocycles. The second kappa shape index (κ2) is 7.59. The molecule has 0 aliphatic carbocycles. The third kappa shape index (κ3) is 4.30. The number of hydrogen-bond acceptors (Lipinski definition) is 5. The fourth-order valence-corrected chi connectivity index (χ4v) is 2.60. The third-order valence-electron chi connectivity index (χ3n) is 2.92. The van der Waals surface area contributed by atoms with Crippen LogP contribution in [0, 0.1) is 5.92 Å². The van der Waals surface area contributed by atoms with Crippen molar-refractivity contribution in [1.82, 2.24) is 4.98 Å². The second-order valence-corrected chi connectivity index (χ2v) is 5.87. The van der Waals surface area contributed by atoms with Crippen LogP contribution >= 0.6 is 23.7 Å². The van der Waals surface area contributed by atoms with Crippen LogP contribution in [0.25, 0.3) is 10.2 Å². The maximum atomic E-state index is 11.9. The number of fused-ring (bicyclic) bond motifs is 1. The molecule has 0 aliphatic heterocycles. The van der Waals surface area contributed by atoms with E-state index in [0.717, 1.165) is 16.0 Å². The van der Waals surface area contributed by atoms with E-state index in [0.29, 0.717) is 11.7 Å². The van der Waals surface area contributed by atoms with Crippen molar-refractivity contribution in [1.29, 1.82) is 0 Å². The van der Waals surface area contributed by atoms with Crippen LogP contribution in [-0.4, -0.2) is 23.5 Å². The summed E-state index contributed by atoms with van der Waals surface area (Å²) >= 11 is 1.42. The first-order valence-corrected chi connectivity index (χ1v) is 7.42. The van der Waals surface area contributed by atoms with Gasteiger partial charge in [0, 0.05) is 0 Å². The maximum Gasteiger partial charge on any atom is 0.243 e. The number of nitrogens with zero attached hydrogens (tertiary/aromatic N) is 1. The van der Waals surface area contributed by atoms with Gasteiger partial charge in [-0.3, -0.25) is 4.79 Å². The van der Waals surface area contributed by atoms with Gasteiger partial charge >= 0.3 is 0 Å². The van der Waals surface area contributed by atoms with Crippen molar-refractivity contribution in [3.05, 3.63) is 18.2 Å². The molecule has 1 heterocycles. The molecule has 0 fully saturated rings. The highest BCUT2D eigenvalue weighted by molar-refractivity contribution is 7.22. The molecular formula is C14H20ClN3O2S. The number of rotatable bonds is 5. The predicted molar refractivity (Wildman–Crippen MR) is 89.5 cm³/mol. The van der Waals surface area contributed by atoms with E-state index in [-0.39, 0.29) is 24.2 Å². The van der Waals surface area contributed by atoms with Gasteiger partial charge in [0.2, 0.25) is 5.91 Å². The van der Waals surface area contributed by atoms with E-state index in [1.165, 1.54) is 11.3 Å². The average Bonchev–Trinajstić information content (AvgIpc) is 2.79. The maximum absolute atomic E-state index is 11.9. The van der Waals surface area contributed by atoms with Crippen molar-refractivity contribution < 1.29 is 9.53 Å². The van der Waals surface area contributed by atoms with E-state index in [4.69, 9.17) is 10.5 Å². The molecule has 21 heavy (non-hydrogen) atoms. The monoisotopic (exact) mass is 329 g/mol. The highest BCUT2D eigenvalue weighted by Gasteiger charge is 2.18. The first kappa shape index (κ1) is 17.7. The van der Waals surface area contributed by atoms with Crippen molar-refractivity contribution in [2.24, 2.45) is 11.7 Å². The number of carbonyl (C=O) groups excluding carboxylic acids is 1. The van der Waals surface area contributed by atoms with Crippen LogP contribution in [0.3, 0.4) is 0 Å². The largest absolute Gasteiger partial charge is 0.494 e. The van der Waals surface area contributed by atoms with Gasteiger partial charge in [-0.25, -0.2) is 4.98 Å². The number of thiazole rings is 1. The van der Waals surface area contributed by atoms with Crippen LogP contribution in [0.1, 0.15) is 20.8 Å². The molecule has 2 rings (SSSR count). The number of halogens is 1. The van der Waals surface area contributed by atoms with Gasteiger partial charge in [-0.2, -0.15) is 0 Å². The highest BCUT2D eigenvalue weighted by atomic mass is 35.5. The summed E-state index contributed by atoms with van der Waals surface area (Å²) in [6.07, 6.45) is 0. The van der Waals surface area contributed by atoms with Crippen LogP contribution in [0.15, 0.2) is 18.2 Å². The summed E-state index contributed by atoms with van der Waals surface area (Å²) in [5.41, 5.74) is 6.65. The van der Waals surface area contributed by atoms with Gasteiger partial charge in [-0.1, -0.05) is 25.2 Å². The molecule has 0 unspecified atom stereocenters. The number of carbonyl (C=O) groups is 1. The molecule has 1 aromatic heterocycles. The van der Waals surface area contributed by atoms with Crippen LogP contribution in [-0.2, 0) is 4.79 Å². The topological polar surface area (TPSA) is 77.2 Å². The number of nitrogens with two attached hydrogens (primary N) is 1. The zero-order valence-corrected chi connectivity index (χ0v) is 13.9. The molecule has 1 aromatic carbocycles. The molecule has 1 atom stereocenters. The van der Waals surface area contributed by atoms with Gasteiger partial charge < -0.3 is 15.8 Å². The number of amides is 1. The standard InChI is InChI=1S/C14H19N3O2S.ClH/c1-4-19-9-5-6-10-11(7-9)20-14(16-10)17-13(18)12(15)8(2)3;/h5-8,12H,4,15H2,1-3H3,(H,16,17,18);1H/t12-;/m0./s1. The Morgan fingerprint density at radius 3 is 2.81 bits per heavy atom. The molecule has 7 heteroatoms. The number of benzene rings is 1. The summed E-state index contributed by atoms with van der Waals surface area (Å²) in [5.74, 6) is 0.693. The predicted octanol–water partition coefficient (Wildman–Crippen LogP) is 3.04. The van der Waals surface area contributed by atoms with E-state index in [9.17, 15) is 4.79 Å². The Bertz CT molecular complexity index is 615. The third-order valence-corrected chi connectivity index (χ3v) is 3.86. The van der Waals surface area contributed by atoms with E-state index >= 15 is 0 Å². The summed E-state index contributed by atoms with van der Waals surface area (Å²) < 4.78 is 6.42. The Morgan fingerprint density at radius 1 is 1.48 bits per heavy atom. The molecule has 3 N–H and O–H groups in total. The highest BCUT2D eigenvalue weighted by Crippen LogP contribution is 2.29. The first-order chi connectivity index (χ1) is 9.51. The normalized spacial score (nSPS) is 12.0. The average molecular weight is 330 g/mol.